The quantitative estimate of drug-likeness (QED) is 0.784. The summed E-state index contributed by atoms with van der Waals surface area (Å²) in [5.41, 5.74) is -6.59. The van der Waals surface area contributed by atoms with Crippen molar-refractivity contribution >= 4 is 15.9 Å². The van der Waals surface area contributed by atoms with E-state index in [4.69, 9.17) is 0 Å². The molecule has 19 heavy (non-hydrogen) atoms. The second-order valence-corrected chi connectivity index (χ2v) is 4.49. The molecular formula is C10H6BrF7O. The number of benzene rings is 1. The van der Waals surface area contributed by atoms with Crippen LogP contribution >= 0.6 is 15.9 Å². The van der Waals surface area contributed by atoms with Crippen LogP contribution in [0.1, 0.15) is 11.7 Å². The molecule has 1 nitrogen and oxygen atoms in total. The van der Waals surface area contributed by atoms with Gasteiger partial charge in [0, 0.05) is 4.47 Å². The highest BCUT2D eigenvalue weighted by molar-refractivity contribution is 9.10. The zero-order chi connectivity index (χ0) is 15.1. The van der Waals surface area contributed by atoms with E-state index >= 15 is 0 Å². The minimum absolute atomic E-state index is 0.266. The van der Waals surface area contributed by atoms with Gasteiger partial charge in [0.25, 0.3) is 0 Å². The Labute approximate surface area is 111 Å². The molecule has 0 saturated heterocycles. The van der Waals surface area contributed by atoms with E-state index in [9.17, 15) is 35.8 Å². The van der Waals surface area contributed by atoms with E-state index in [-0.39, 0.29) is 4.47 Å². The fourth-order valence-corrected chi connectivity index (χ4v) is 1.88. The van der Waals surface area contributed by atoms with Crippen LogP contribution in [0.2, 0.25) is 0 Å². The SMILES string of the molecule is OC(c1ccccc1Br)C(F)(C(F)(F)F)C(F)(F)F. The fraction of sp³-hybridized carbons (Fsp3) is 0.400. The van der Waals surface area contributed by atoms with Gasteiger partial charge in [0.05, 0.1) is 0 Å². The van der Waals surface area contributed by atoms with Crippen LogP contribution in [0.25, 0.3) is 0 Å². The molecule has 0 aliphatic heterocycles. The molecule has 108 valence electrons. The predicted molar refractivity (Wildman–Crippen MR) is 55.1 cm³/mol. The lowest BCUT2D eigenvalue weighted by atomic mass is 9.91. The van der Waals surface area contributed by atoms with Gasteiger partial charge in [0.15, 0.2) is 0 Å². The maximum atomic E-state index is 13.5. The molecule has 0 heterocycles. The van der Waals surface area contributed by atoms with Crippen molar-refractivity contribution in [2.75, 3.05) is 0 Å². The summed E-state index contributed by atoms with van der Waals surface area (Å²) < 4.78 is 87.7. The van der Waals surface area contributed by atoms with Gasteiger partial charge < -0.3 is 5.11 Å². The van der Waals surface area contributed by atoms with Crippen LogP contribution in [0, 0.1) is 0 Å². The molecule has 1 aromatic rings. The number of halogens is 8. The highest BCUT2D eigenvalue weighted by atomic mass is 79.9. The summed E-state index contributed by atoms with van der Waals surface area (Å²) in [5.74, 6) is 0. The maximum Gasteiger partial charge on any atom is 0.434 e. The minimum atomic E-state index is -6.31. The van der Waals surface area contributed by atoms with E-state index in [1.807, 2.05) is 0 Å². The summed E-state index contributed by atoms with van der Waals surface area (Å²) in [6, 6.07) is 4.23. The zero-order valence-corrected chi connectivity index (χ0v) is 10.4. The second kappa shape index (κ2) is 4.93. The monoisotopic (exact) mass is 354 g/mol. The summed E-state index contributed by atoms with van der Waals surface area (Å²) in [6.07, 6.45) is -16.0. The van der Waals surface area contributed by atoms with Crippen molar-refractivity contribution in [2.24, 2.45) is 0 Å². The van der Waals surface area contributed by atoms with Crippen molar-refractivity contribution in [3.05, 3.63) is 34.3 Å². The third-order valence-electron chi connectivity index (χ3n) is 2.40. The highest BCUT2D eigenvalue weighted by Crippen LogP contribution is 2.53. The number of aliphatic hydroxyl groups excluding tert-OH is 1. The van der Waals surface area contributed by atoms with E-state index < -0.39 is 29.7 Å². The summed E-state index contributed by atoms with van der Waals surface area (Å²) in [6.45, 7) is 0. The van der Waals surface area contributed by atoms with Crippen LogP contribution in [0.15, 0.2) is 28.7 Å². The van der Waals surface area contributed by atoms with Gasteiger partial charge in [0.1, 0.15) is 6.10 Å². The number of hydrogen-bond donors (Lipinski definition) is 1. The largest absolute Gasteiger partial charge is 0.434 e. The summed E-state index contributed by atoms with van der Waals surface area (Å²) in [7, 11) is 0. The first-order chi connectivity index (χ1) is 8.43. The van der Waals surface area contributed by atoms with Crippen molar-refractivity contribution in [2.45, 2.75) is 24.1 Å². The van der Waals surface area contributed by atoms with Crippen LogP contribution < -0.4 is 0 Å². The van der Waals surface area contributed by atoms with Crippen LogP contribution in [0.3, 0.4) is 0 Å². The lowest BCUT2D eigenvalue weighted by molar-refractivity contribution is -0.366. The van der Waals surface area contributed by atoms with Gasteiger partial charge in [0.2, 0.25) is 0 Å². The average Bonchev–Trinajstić information content (AvgIpc) is 2.24. The van der Waals surface area contributed by atoms with E-state index in [2.05, 4.69) is 15.9 Å². The molecule has 0 aliphatic carbocycles. The molecule has 0 aromatic heterocycles. The third kappa shape index (κ3) is 2.71. The number of rotatable bonds is 2. The third-order valence-corrected chi connectivity index (χ3v) is 3.12. The van der Waals surface area contributed by atoms with Crippen LogP contribution in [-0.2, 0) is 0 Å². The molecule has 0 spiro atoms. The van der Waals surface area contributed by atoms with Gasteiger partial charge in [-0.1, -0.05) is 34.1 Å². The van der Waals surface area contributed by atoms with Gasteiger partial charge in [-0.05, 0) is 11.6 Å². The Balaban J connectivity index is 3.41. The Kier molecular flexibility index (Phi) is 4.21. The van der Waals surface area contributed by atoms with E-state index in [0.29, 0.717) is 0 Å². The summed E-state index contributed by atoms with van der Waals surface area (Å²) in [5, 5.41) is 9.25. The number of aliphatic hydroxyl groups is 1. The van der Waals surface area contributed by atoms with Crippen molar-refractivity contribution in [3.63, 3.8) is 0 Å². The molecule has 9 heteroatoms. The smallest absolute Gasteiger partial charge is 0.384 e. The standard InChI is InChI=1S/C10H6BrF7O/c11-6-4-2-1-3-5(6)7(19)8(12,9(13,14)15)10(16,17)18/h1-4,7,19H. The molecule has 1 rings (SSSR count). The topological polar surface area (TPSA) is 20.2 Å². The predicted octanol–water partition coefficient (Wildman–Crippen LogP) is 4.32. The average molecular weight is 355 g/mol. The Morgan fingerprint density at radius 1 is 0.895 bits per heavy atom. The van der Waals surface area contributed by atoms with Gasteiger partial charge in [-0.15, -0.1) is 0 Å². The normalized spacial score (nSPS) is 15.4. The van der Waals surface area contributed by atoms with Crippen molar-refractivity contribution in [1.82, 2.24) is 0 Å². The molecule has 0 aliphatic rings. The van der Waals surface area contributed by atoms with Crippen molar-refractivity contribution in [3.8, 4) is 0 Å². The maximum absolute atomic E-state index is 13.5. The first-order valence-electron chi connectivity index (χ1n) is 4.67. The van der Waals surface area contributed by atoms with Crippen LogP contribution in [0.5, 0.6) is 0 Å². The minimum Gasteiger partial charge on any atom is -0.384 e. The molecule has 1 N–H and O–H groups in total. The number of alkyl halides is 7. The molecule has 0 radical (unpaired) electrons. The Morgan fingerprint density at radius 3 is 1.68 bits per heavy atom. The van der Waals surface area contributed by atoms with Gasteiger partial charge in [-0.25, -0.2) is 4.39 Å². The first kappa shape index (κ1) is 16.2. The molecule has 0 bridgehead atoms. The molecule has 0 saturated carbocycles. The highest BCUT2D eigenvalue weighted by Gasteiger charge is 2.76. The lowest BCUT2D eigenvalue weighted by Crippen LogP contribution is -2.57. The van der Waals surface area contributed by atoms with E-state index in [1.54, 1.807) is 0 Å². The van der Waals surface area contributed by atoms with E-state index in [0.717, 1.165) is 18.2 Å². The Morgan fingerprint density at radius 2 is 1.32 bits per heavy atom. The summed E-state index contributed by atoms with van der Waals surface area (Å²) >= 11 is 2.66. The van der Waals surface area contributed by atoms with Gasteiger partial charge in [-0.3, -0.25) is 0 Å². The molecular weight excluding hydrogens is 349 g/mol. The lowest BCUT2D eigenvalue weighted by Gasteiger charge is -2.34. The first-order valence-corrected chi connectivity index (χ1v) is 5.47. The molecule has 0 fully saturated rings. The zero-order valence-electron chi connectivity index (χ0n) is 8.86. The molecule has 1 atom stereocenters. The van der Waals surface area contributed by atoms with Crippen molar-refractivity contribution in [1.29, 1.82) is 0 Å². The second-order valence-electron chi connectivity index (χ2n) is 3.63. The molecule has 0 amide bonds. The van der Waals surface area contributed by atoms with Gasteiger partial charge in [-0.2, -0.15) is 26.3 Å². The van der Waals surface area contributed by atoms with Crippen LogP contribution in [-0.4, -0.2) is 23.1 Å². The molecule has 1 unspecified atom stereocenters. The van der Waals surface area contributed by atoms with Gasteiger partial charge >= 0.3 is 18.0 Å². The molecule has 1 aromatic carbocycles. The summed E-state index contributed by atoms with van der Waals surface area (Å²) in [4.78, 5) is 0. The Hall–Kier alpha value is -0.830. The Bertz CT molecular complexity index is 440. The number of hydrogen-bond acceptors (Lipinski definition) is 1. The van der Waals surface area contributed by atoms with Crippen LogP contribution in [0.4, 0.5) is 30.7 Å². The van der Waals surface area contributed by atoms with E-state index in [1.165, 1.54) is 6.07 Å². The fourth-order valence-electron chi connectivity index (χ4n) is 1.38. The van der Waals surface area contributed by atoms with Crippen molar-refractivity contribution < 1.29 is 35.8 Å².